The molecule has 0 spiro atoms. The highest BCUT2D eigenvalue weighted by Gasteiger charge is 2.44. The minimum Gasteiger partial charge on any atom is -0.394 e. The molecule has 1 amide bonds. The quantitative estimate of drug-likeness (QED) is 0.0261. The van der Waals surface area contributed by atoms with E-state index in [9.17, 15) is 30.3 Å². The van der Waals surface area contributed by atoms with Gasteiger partial charge < -0.3 is 40.3 Å². The smallest absolute Gasteiger partial charge is 0.220 e. The van der Waals surface area contributed by atoms with Crippen molar-refractivity contribution in [1.82, 2.24) is 5.32 Å². The van der Waals surface area contributed by atoms with E-state index in [0.29, 0.717) is 6.42 Å². The van der Waals surface area contributed by atoms with Crippen LogP contribution in [0.4, 0.5) is 0 Å². The Kier molecular flexibility index (Phi) is 51.7. The fourth-order valence-corrected chi connectivity index (χ4v) is 10.1. The van der Waals surface area contributed by atoms with Crippen LogP contribution in [0.3, 0.4) is 0 Å². The SMILES string of the molecule is CCCCCCCC/C=C/CC/C=C/CC/C=C/C(O)C(COC1OC(CO)C(O)C(O)C1O)NC(=O)CCCCCCCCCCCCCCCCCCC/C=C\CCCCCCCCCCCCCCCC. The molecule has 7 unspecified atom stereocenters. The molecular formula is C65H121NO8. The molecule has 0 saturated carbocycles. The minimum absolute atomic E-state index is 0.187. The molecular weight excluding hydrogens is 923 g/mol. The summed E-state index contributed by atoms with van der Waals surface area (Å²) in [6.07, 6.45) is 66.4. The molecule has 1 aliphatic heterocycles. The lowest BCUT2D eigenvalue weighted by Gasteiger charge is -2.40. The van der Waals surface area contributed by atoms with E-state index in [1.165, 1.54) is 231 Å². The van der Waals surface area contributed by atoms with Crippen LogP contribution < -0.4 is 5.32 Å². The second kappa shape index (κ2) is 54.5. The molecule has 1 saturated heterocycles. The van der Waals surface area contributed by atoms with Crippen molar-refractivity contribution in [3.63, 3.8) is 0 Å². The van der Waals surface area contributed by atoms with Gasteiger partial charge in [0.25, 0.3) is 0 Å². The van der Waals surface area contributed by atoms with Crippen LogP contribution in [0, 0.1) is 0 Å². The van der Waals surface area contributed by atoms with Crippen molar-refractivity contribution < 1.29 is 39.8 Å². The molecule has 6 N–H and O–H groups in total. The van der Waals surface area contributed by atoms with Gasteiger partial charge in [-0.3, -0.25) is 4.79 Å². The molecule has 0 aromatic carbocycles. The molecule has 1 fully saturated rings. The summed E-state index contributed by atoms with van der Waals surface area (Å²) in [5.41, 5.74) is 0. The van der Waals surface area contributed by atoms with E-state index in [0.717, 1.165) is 51.4 Å². The van der Waals surface area contributed by atoms with Gasteiger partial charge in [0.1, 0.15) is 24.4 Å². The summed E-state index contributed by atoms with van der Waals surface area (Å²) in [6.45, 7) is 3.77. The summed E-state index contributed by atoms with van der Waals surface area (Å²) >= 11 is 0. The molecule has 1 rings (SSSR count). The first-order chi connectivity index (χ1) is 36.3. The number of amides is 1. The zero-order chi connectivity index (χ0) is 53.6. The number of nitrogens with one attached hydrogen (secondary N) is 1. The number of carbonyl (C=O) groups excluding carboxylic acids is 1. The Morgan fingerprint density at radius 3 is 1.14 bits per heavy atom. The zero-order valence-electron chi connectivity index (χ0n) is 48.4. The van der Waals surface area contributed by atoms with Crippen LogP contribution in [0.5, 0.6) is 0 Å². The van der Waals surface area contributed by atoms with Gasteiger partial charge in [-0.25, -0.2) is 0 Å². The lowest BCUT2D eigenvalue weighted by molar-refractivity contribution is -0.302. The highest BCUT2D eigenvalue weighted by atomic mass is 16.7. The van der Waals surface area contributed by atoms with E-state index >= 15 is 0 Å². The van der Waals surface area contributed by atoms with E-state index < -0.39 is 49.5 Å². The Bertz CT molecular complexity index is 1300. The molecule has 7 atom stereocenters. The Labute approximate surface area is 456 Å². The molecule has 0 aromatic rings. The lowest BCUT2D eigenvalue weighted by atomic mass is 9.99. The number of unbranched alkanes of at least 4 members (excludes halogenated alkanes) is 39. The zero-order valence-corrected chi connectivity index (χ0v) is 48.4. The molecule has 1 heterocycles. The Morgan fingerprint density at radius 1 is 0.446 bits per heavy atom. The fourth-order valence-electron chi connectivity index (χ4n) is 10.1. The van der Waals surface area contributed by atoms with Crippen LogP contribution in [-0.4, -0.2) is 87.5 Å². The number of aliphatic hydroxyl groups is 5. The second-order valence-corrected chi connectivity index (χ2v) is 22.2. The number of carbonyl (C=O) groups is 1. The normalized spacial score (nSPS) is 19.3. The van der Waals surface area contributed by atoms with Crippen molar-refractivity contribution in [1.29, 1.82) is 0 Å². The average molecular weight is 1040 g/mol. The first kappa shape index (κ1) is 70.2. The number of hydrogen-bond acceptors (Lipinski definition) is 8. The molecule has 434 valence electrons. The van der Waals surface area contributed by atoms with Crippen molar-refractivity contribution in [2.75, 3.05) is 13.2 Å². The number of aliphatic hydroxyl groups excluding tert-OH is 5. The lowest BCUT2D eigenvalue weighted by Crippen LogP contribution is -2.60. The van der Waals surface area contributed by atoms with Crippen LogP contribution in [-0.2, 0) is 14.3 Å². The summed E-state index contributed by atoms with van der Waals surface area (Å²) in [6, 6.07) is -0.828. The number of hydrogen-bond donors (Lipinski definition) is 6. The first-order valence-electron chi connectivity index (χ1n) is 31.9. The van der Waals surface area contributed by atoms with E-state index in [4.69, 9.17) is 9.47 Å². The molecule has 0 bridgehead atoms. The number of ether oxygens (including phenoxy) is 2. The van der Waals surface area contributed by atoms with Crippen LogP contribution in [0.25, 0.3) is 0 Å². The van der Waals surface area contributed by atoms with Crippen LogP contribution >= 0.6 is 0 Å². The Balaban J connectivity index is 2.11. The maximum absolute atomic E-state index is 13.1. The Morgan fingerprint density at radius 2 is 0.770 bits per heavy atom. The van der Waals surface area contributed by atoms with Crippen molar-refractivity contribution in [2.45, 2.75) is 346 Å². The number of rotatable bonds is 55. The van der Waals surface area contributed by atoms with Gasteiger partial charge in [-0.05, 0) is 70.6 Å². The predicted octanol–water partition coefficient (Wildman–Crippen LogP) is 16.5. The van der Waals surface area contributed by atoms with Crippen molar-refractivity contribution in [2.24, 2.45) is 0 Å². The molecule has 1 aliphatic rings. The largest absolute Gasteiger partial charge is 0.394 e. The van der Waals surface area contributed by atoms with Gasteiger partial charge in [0.15, 0.2) is 6.29 Å². The van der Waals surface area contributed by atoms with Gasteiger partial charge >= 0.3 is 0 Å². The van der Waals surface area contributed by atoms with Crippen molar-refractivity contribution >= 4 is 5.91 Å². The predicted molar refractivity (Wildman–Crippen MR) is 313 cm³/mol. The topological polar surface area (TPSA) is 149 Å². The third kappa shape index (κ3) is 43.2. The van der Waals surface area contributed by atoms with Gasteiger partial charge in [-0.1, -0.05) is 274 Å². The third-order valence-electron chi connectivity index (χ3n) is 15.1. The first-order valence-corrected chi connectivity index (χ1v) is 31.9. The summed E-state index contributed by atoms with van der Waals surface area (Å²) < 4.78 is 11.3. The maximum atomic E-state index is 13.1. The summed E-state index contributed by atoms with van der Waals surface area (Å²) in [7, 11) is 0. The number of allylic oxidation sites excluding steroid dienone is 7. The summed E-state index contributed by atoms with van der Waals surface area (Å²) in [5, 5.41) is 54.5. The van der Waals surface area contributed by atoms with Crippen LogP contribution in [0.2, 0.25) is 0 Å². The van der Waals surface area contributed by atoms with E-state index in [1.807, 2.05) is 6.08 Å². The van der Waals surface area contributed by atoms with Crippen LogP contribution in [0.1, 0.15) is 303 Å². The molecule has 0 radical (unpaired) electrons. The third-order valence-corrected chi connectivity index (χ3v) is 15.1. The minimum atomic E-state index is -1.57. The van der Waals surface area contributed by atoms with Gasteiger partial charge in [0.05, 0.1) is 25.4 Å². The van der Waals surface area contributed by atoms with Gasteiger partial charge in [-0.2, -0.15) is 0 Å². The van der Waals surface area contributed by atoms with Crippen molar-refractivity contribution in [3.8, 4) is 0 Å². The fraction of sp³-hybridized carbons (Fsp3) is 0.862. The van der Waals surface area contributed by atoms with Crippen molar-refractivity contribution in [3.05, 3.63) is 48.6 Å². The summed E-state index contributed by atoms with van der Waals surface area (Å²) in [4.78, 5) is 13.1. The summed E-state index contributed by atoms with van der Waals surface area (Å²) in [5.74, 6) is -0.187. The van der Waals surface area contributed by atoms with Gasteiger partial charge in [-0.15, -0.1) is 0 Å². The molecule has 0 aliphatic carbocycles. The molecule has 74 heavy (non-hydrogen) atoms. The Hall–Kier alpha value is -1.85. The highest BCUT2D eigenvalue weighted by Crippen LogP contribution is 2.23. The van der Waals surface area contributed by atoms with Crippen LogP contribution in [0.15, 0.2) is 48.6 Å². The van der Waals surface area contributed by atoms with E-state index in [1.54, 1.807) is 6.08 Å². The molecule has 9 heteroatoms. The van der Waals surface area contributed by atoms with E-state index in [-0.39, 0.29) is 12.5 Å². The monoisotopic (exact) mass is 1040 g/mol. The van der Waals surface area contributed by atoms with Gasteiger partial charge in [0, 0.05) is 6.42 Å². The molecule has 0 aromatic heterocycles. The van der Waals surface area contributed by atoms with E-state index in [2.05, 4.69) is 55.6 Å². The molecule has 9 nitrogen and oxygen atoms in total. The average Bonchev–Trinajstić information content (AvgIpc) is 3.40. The standard InChI is InChI=1S/C65H121NO8/c1-3-5-7-9-11-13-15-17-19-21-22-23-24-25-26-27-28-29-30-31-32-33-34-35-36-37-38-39-41-43-45-47-49-51-53-55-61(69)66-58(57-73-65-64(72)63(71)62(70)60(56-67)74-65)59(68)54-52-50-48-46-44-42-40-20-18-16-14-12-10-8-6-4-2/h18,20,27-28,44,46,52,54,58-60,62-65,67-68,70-72H,3-17,19,21-26,29-43,45,47-51,53,55-57H2,1-2H3,(H,66,69)/b20-18+,28-27-,46-44+,54-52+. The second-order valence-electron chi connectivity index (χ2n) is 22.2. The van der Waals surface area contributed by atoms with Gasteiger partial charge in [0.2, 0.25) is 5.91 Å². The highest BCUT2D eigenvalue weighted by molar-refractivity contribution is 5.76. The maximum Gasteiger partial charge on any atom is 0.220 e.